The summed E-state index contributed by atoms with van der Waals surface area (Å²) in [5, 5.41) is 5.06. The van der Waals surface area contributed by atoms with Gasteiger partial charge in [-0.15, -0.1) is 0 Å². The average molecular weight is 388 g/mol. The SMILES string of the molecule is Cc1cccc(N2CCN(C(=O)c3ccc(CS(N)(=O)=O)cc3)CC2)c1C. The Kier molecular flexibility index (Phi) is 5.53. The van der Waals surface area contributed by atoms with E-state index >= 15 is 0 Å². The summed E-state index contributed by atoms with van der Waals surface area (Å²) in [5.41, 5.74) is 4.92. The van der Waals surface area contributed by atoms with Crippen molar-refractivity contribution in [1.82, 2.24) is 4.90 Å². The highest BCUT2D eigenvalue weighted by atomic mass is 32.2. The third kappa shape index (κ3) is 4.67. The number of hydrogen-bond donors (Lipinski definition) is 1. The van der Waals surface area contributed by atoms with E-state index in [9.17, 15) is 13.2 Å². The van der Waals surface area contributed by atoms with E-state index in [0.29, 0.717) is 24.2 Å². The van der Waals surface area contributed by atoms with Gasteiger partial charge in [0.1, 0.15) is 0 Å². The summed E-state index contributed by atoms with van der Waals surface area (Å²) in [7, 11) is -3.57. The van der Waals surface area contributed by atoms with Crippen LogP contribution >= 0.6 is 0 Å². The second kappa shape index (κ2) is 7.70. The summed E-state index contributed by atoms with van der Waals surface area (Å²) in [6.45, 7) is 7.14. The van der Waals surface area contributed by atoms with Crippen LogP contribution in [0.25, 0.3) is 0 Å². The van der Waals surface area contributed by atoms with E-state index in [0.717, 1.165) is 13.1 Å². The van der Waals surface area contributed by atoms with Gasteiger partial charge < -0.3 is 9.80 Å². The minimum Gasteiger partial charge on any atom is -0.368 e. The standard InChI is InChI=1S/C20H25N3O3S/c1-15-4-3-5-19(16(15)2)22-10-12-23(13-11-22)20(24)18-8-6-17(7-9-18)14-27(21,25)26/h3-9H,10-14H2,1-2H3,(H2,21,25,26). The molecule has 1 heterocycles. The maximum Gasteiger partial charge on any atom is 0.253 e. The predicted molar refractivity (Wildman–Crippen MR) is 107 cm³/mol. The Morgan fingerprint density at radius 2 is 1.63 bits per heavy atom. The van der Waals surface area contributed by atoms with Gasteiger partial charge in [0.15, 0.2) is 0 Å². The minimum absolute atomic E-state index is 0.0298. The molecule has 27 heavy (non-hydrogen) atoms. The molecule has 0 spiro atoms. The van der Waals surface area contributed by atoms with E-state index in [2.05, 4.69) is 36.9 Å². The Bertz CT molecular complexity index is 931. The van der Waals surface area contributed by atoms with Gasteiger partial charge in [0, 0.05) is 37.4 Å². The number of nitrogens with two attached hydrogens (primary N) is 1. The monoisotopic (exact) mass is 387 g/mol. The highest BCUT2D eigenvalue weighted by Crippen LogP contribution is 2.24. The number of nitrogens with zero attached hydrogens (tertiary/aromatic N) is 2. The summed E-state index contributed by atoms with van der Waals surface area (Å²) in [5.74, 6) is -0.256. The Labute approximate surface area is 160 Å². The zero-order chi connectivity index (χ0) is 19.6. The maximum absolute atomic E-state index is 12.7. The number of amides is 1. The molecule has 0 radical (unpaired) electrons. The number of carbonyl (C=O) groups excluding carboxylic acids is 1. The van der Waals surface area contributed by atoms with Crippen molar-refractivity contribution in [2.75, 3.05) is 31.1 Å². The van der Waals surface area contributed by atoms with Crippen LogP contribution in [-0.2, 0) is 15.8 Å². The second-order valence-corrected chi connectivity index (χ2v) is 8.62. The van der Waals surface area contributed by atoms with Crippen LogP contribution in [-0.4, -0.2) is 45.4 Å². The van der Waals surface area contributed by atoms with Gasteiger partial charge >= 0.3 is 0 Å². The molecule has 0 saturated carbocycles. The molecule has 7 heteroatoms. The summed E-state index contributed by atoms with van der Waals surface area (Å²) < 4.78 is 22.3. The average Bonchev–Trinajstić information content (AvgIpc) is 2.63. The fourth-order valence-electron chi connectivity index (χ4n) is 3.39. The van der Waals surface area contributed by atoms with E-state index in [4.69, 9.17) is 5.14 Å². The third-order valence-electron chi connectivity index (χ3n) is 5.05. The first kappa shape index (κ1) is 19.4. The van der Waals surface area contributed by atoms with E-state index in [1.54, 1.807) is 24.3 Å². The number of aryl methyl sites for hydroxylation is 1. The van der Waals surface area contributed by atoms with Crippen LogP contribution in [0, 0.1) is 13.8 Å². The lowest BCUT2D eigenvalue weighted by molar-refractivity contribution is 0.0747. The van der Waals surface area contributed by atoms with Gasteiger partial charge in [0.05, 0.1) is 5.75 Å². The van der Waals surface area contributed by atoms with Crippen molar-refractivity contribution in [2.24, 2.45) is 5.14 Å². The fourth-order valence-corrected chi connectivity index (χ4v) is 4.04. The normalized spacial score (nSPS) is 15.1. The van der Waals surface area contributed by atoms with Crippen molar-refractivity contribution in [3.05, 3.63) is 64.7 Å². The Balaban J connectivity index is 1.64. The number of hydrogen-bond acceptors (Lipinski definition) is 4. The van der Waals surface area contributed by atoms with Gasteiger partial charge in [-0.25, -0.2) is 13.6 Å². The quantitative estimate of drug-likeness (QED) is 0.870. The van der Waals surface area contributed by atoms with Crippen molar-refractivity contribution in [3.8, 4) is 0 Å². The van der Waals surface area contributed by atoms with Crippen LogP contribution in [0.4, 0.5) is 5.69 Å². The number of anilines is 1. The lowest BCUT2D eigenvalue weighted by Crippen LogP contribution is -2.49. The molecule has 3 rings (SSSR count). The fraction of sp³-hybridized carbons (Fsp3) is 0.350. The van der Waals surface area contributed by atoms with Crippen LogP contribution in [0.5, 0.6) is 0 Å². The zero-order valence-electron chi connectivity index (χ0n) is 15.7. The van der Waals surface area contributed by atoms with Crippen molar-refractivity contribution in [2.45, 2.75) is 19.6 Å². The van der Waals surface area contributed by atoms with Gasteiger partial charge in [0.2, 0.25) is 10.0 Å². The lowest BCUT2D eigenvalue weighted by atomic mass is 10.1. The number of rotatable bonds is 4. The largest absolute Gasteiger partial charge is 0.368 e. The molecule has 1 aliphatic rings. The molecule has 1 saturated heterocycles. The molecule has 2 aromatic carbocycles. The molecule has 0 aromatic heterocycles. The molecule has 144 valence electrons. The van der Waals surface area contributed by atoms with Crippen LogP contribution in [0.15, 0.2) is 42.5 Å². The molecule has 2 aromatic rings. The van der Waals surface area contributed by atoms with E-state index < -0.39 is 10.0 Å². The lowest BCUT2D eigenvalue weighted by Gasteiger charge is -2.37. The van der Waals surface area contributed by atoms with Crippen molar-refractivity contribution in [3.63, 3.8) is 0 Å². The highest BCUT2D eigenvalue weighted by Gasteiger charge is 2.23. The zero-order valence-corrected chi connectivity index (χ0v) is 16.5. The van der Waals surface area contributed by atoms with E-state index in [1.807, 2.05) is 4.90 Å². The van der Waals surface area contributed by atoms with Crippen LogP contribution in [0.3, 0.4) is 0 Å². The molecule has 1 fully saturated rings. The summed E-state index contributed by atoms with van der Waals surface area (Å²) in [6.07, 6.45) is 0. The number of piperazine rings is 1. The second-order valence-electron chi connectivity index (χ2n) is 7.00. The third-order valence-corrected chi connectivity index (χ3v) is 5.79. The molecule has 6 nitrogen and oxygen atoms in total. The molecule has 1 amide bonds. The Morgan fingerprint density at radius 1 is 1.00 bits per heavy atom. The predicted octanol–water partition coefficient (Wildman–Crippen LogP) is 2.05. The summed E-state index contributed by atoms with van der Waals surface area (Å²) >= 11 is 0. The van der Waals surface area contributed by atoms with Gasteiger partial charge in [-0.2, -0.15) is 0 Å². The van der Waals surface area contributed by atoms with Crippen LogP contribution in [0.2, 0.25) is 0 Å². The number of sulfonamides is 1. The maximum atomic E-state index is 12.7. The number of carbonyl (C=O) groups is 1. The first-order valence-electron chi connectivity index (χ1n) is 8.94. The first-order valence-corrected chi connectivity index (χ1v) is 10.7. The molecule has 0 aliphatic carbocycles. The highest BCUT2D eigenvalue weighted by molar-refractivity contribution is 7.88. The van der Waals surface area contributed by atoms with Crippen LogP contribution in [0.1, 0.15) is 27.0 Å². The smallest absolute Gasteiger partial charge is 0.253 e. The van der Waals surface area contributed by atoms with Gasteiger partial charge in [-0.05, 0) is 48.7 Å². The summed E-state index contributed by atoms with van der Waals surface area (Å²) in [4.78, 5) is 16.9. The van der Waals surface area contributed by atoms with E-state index in [1.165, 1.54) is 16.8 Å². The number of primary sulfonamides is 1. The molecule has 0 bridgehead atoms. The first-order chi connectivity index (χ1) is 12.7. The molecule has 1 aliphatic heterocycles. The van der Waals surface area contributed by atoms with Gasteiger partial charge in [-0.3, -0.25) is 4.79 Å². The van der Waals surface area contributed by atoms with Crippen molar-refractivity contribution in [1.29, 1.82) is 0 Å². The summed E-state index contributed by atoms with van der Waals surface area (Å²) in [6, 6.07) is 12.9. The number of benzene rings is 2. The van der Waals surface area contributed by atoms with Gasteiger partial charge in [0.25, 0.3) is 5.91 Å². The van der Waals surface area contributed by atoms with Crippen molar-refractivity contribution >= 4 is 21.6 Å². The molecular formula is C20H25N3O3S. The van der Waals surface area contributed by atoms with Gasteiger partial charge in [-0.1, -0.05) is 24.3 Å². The van der Waals surface area contributed by atoms with Crippen molar-refractivity contribution < 1.29 is 13.2 Å². The minimum atomic E-state index is -3.57. The van der Waals surface area contributed by atoms with E-state index in [-0.39, 0.29) is 11.7 Å². The molecule has 0 unspecified atom stereocenters. The molecule has 2 N–H and O–H groups in total. The molecular weight excluding hydrogens is 362 g/mol. The Morgan fingerprint density at radius 3 is 2.22 bits per heavy atom. The molecule has 0 atom stereocenters. The topological polar surface area (TPSA) is 83.7 Å². The Hall–Kier alpha value is -2.38. The van der Waals surface area contributed by atoms with Crippen LogP contribution < -0.4 is 10.0 Å².